The van der Waals surface area contributed by atoms with Gasteiger partial charge in [0, 0.05) is 12.7 Å². The van der Waals surface area contributed by atoms with E-state index in [0.29, 0.717) is 0 Å². The normalized spacial score (nSPS) is 19.4. The van der Waals surface area contributed by atoms with Crippen LogP contribution in [-0.4, -0.2) is 14.9 Å². The van der Waals surface area contributed by atoms with E-state index in [-0.39, 0.29) is 0 Å². The predicted molar refractivity (Wildman–Crippen MR) is 68.7 cm³/mol. The van der Waals surface area contributed by atoms with Crippen LogP contribution in [0.4, 0.5) is 0 Å². The van der Waals surface area contributed by atoms with Gasteiger partial charge in [0.2, 0.25) is 0 Å². The van der Waals surface area contributed by atoms with Crippen LogP contribution >= 0.6 is 0 Å². The van der Waals surface area contributed by atoms with Gasteiger partial charge < -0.3 is 5.11 Å². The Morgan fingerprint density at radius 2 is 2.06 bits per heavy atom. The van der Waals surface area contributed by atoms with Gasteiger partial charge in [0.05, 0.1) is 5.69 Å². The number of aromatic nitrogens is 2. The van der Waals surface area contributed by atoms with Crippen molar-refractivity contribution in [1.29, 1.82) is 0 Å². The number of hydrogen-bond donors (Lipinski definition) is 1. The van der Waals surface area contributed by atoms with Crippen LogP contribution in [0.5, 0.6) is 0 Å². The summed E-state index contributed by atoms with van der Waals surface area (Å²) in [5.41, 5.74) is 3.03. The van der Waals surface area contributed by atoms with E-state index in [2.05, 4.69) is 11.2 Å². The fourth-order valence-corrected chi connectivity index (χ4v) is 2.38. The Labute approximate surface area is 103 Å². The molecule has 1 aromatic heterocycles. The fraction of sp³-hybridized carbons (Fsp3) is 0.643. The van der Waals surface area contributed by atoms with Gasteiger partial charge in [0.25, 0.3) is 0 Å². The van der Waals surface area contributed by atoms with Gasteiger partial charge >= 0.3 is 0 Å². The van der Waals surface area contributed by atoms with Crippen molar-refractivity contribution in [3.8, 4) is 0 Å². The lowest BCUT2D eigenvalue weighted by Crippen LogP contribution is -2.05. The lowest BCUT2D eigenvalue weighted by atomic mass is 9.95. The van der Waals surface area contributed by atoms with E-state index in [1.54, 1.807) is 0 Å². The number of aliphatic hydroxyl groups excluding tert-OH is 1. The van der Waals surface area contributed by atoms with Gasteiger partial charge in [-0.2, -0.15) is 5.10 Å². The van der Waals surface area contributed by atoms with Crippen LogP contribution in [0.2, 0.25) is 0 Å². The molecule has 1 heterocycles. The van der Waals surface area contributed by atoms with E-state index >= 15 is 0 Å². The number of aryl methyl sites for hydroxylation is 2. The van der Waals surface area contributed by atoms with Crippen molar-refractivity contribution in [2.45, 2.75) is 51.6 Å². The smallest absolute Gasteiger partial charge is 0.119 e. The molecule has 0 fully saturated rings. The molecule has 1 unspecified atom stereocenters. The molecule has 0 spiro atoms. The molecule has 0 aromatic carbocycles. The average molecular weight is 234 g/mol. The third kappa shape index (κ3) is 2.97. The predicted octanol–water partition coefficient (Wildman–Crippen LogP) is 3.04. The first kappa shape index (κ1) is 12.4. The molecule has 0 bridgehead atoms. The summed E-state index contributed by atoms with van der Waals surface area (Å²) in [7, 11) is 1.91. The summed E-state index contributed by atoms with van der Waals surface area (Å²) < 4.78 is 1.82. The molecule has 0 radical (unpaired) electrons. The van der Waals surface area contributed by atoms with Gasteiger partial charge in [0.1, 0.15) is 6.10 Å². The van der Waals surface area contributed by atoms with Crippen LogP contribution in [0.25, 0.3) is 0 Å². The maximum Gasteiger partial charge on any atom is 0.119 e. The van der Waals surface area contributed by atoms with Gasteiger partial charge in [-0.3, -0.25) is 4.68 Å². The van der Waals surface area contributed by atoms with E-state index in [1.165, 1.54) is 25.7 Å². The lowest BCUT2D eigenvalue weighted by Gasteiger charge is -2.15. The van der Waals surface area contributed by atoms with Crippen molar-refractivity contribution in [3.05, 3.63) is 29.1 Å². The maximum absolute atomic E-state index is 10.4. The molecule has 1 N–H and O–H groups in total. The third-order valence-corrected chi connectivity index (χ3v) is 3.59. The van der Waals surface area contributed by atoms with Crippen LogP contribution in [0.15, 0.2) is 17.7 Å². The summed E-state index contributed by atoms with van der Waals surface area (Å²) in [4.78, 5) is 0. The van der Waals surface area contributed by atoms with Gasteiger partial charge in [-0.15, -0.1) is 0 Å². The fourth-order valence-electron chi connectivity index (χ4n) is 2.38. The van der Waals surface area contributed by atoms with Crippen LogP contribution in [0.3, 0.4) is 0 Å². The van der Waals surface area contributed by atoms with Crippen molar-refractivity contribution in [2.75, 3.05) is 0 Å². The molecule has 0 amide bonds. The largest absolute Gasteiger partial charge is 0.382 e. The summed E-state index contributed by atoms with van der Waals surface area (Å²) >= 11 is 0. The quantitative estimate of drug-likeness (QED) is 0.799. The second-order valence-corrected chi connectivity index (χ2v) is 4.97. The van der Waals surface area contributed by atoms with Crippen molar-refractivity contribution in [2.24, 2.45) is 7.05 Å². The molecule has 1 atom stereocenters. The topological polar surface area (TPSA) is 38.1 Å². The van der Waals surface area contributed by atoms with Gasteiger partial charge in [0.15, 0.2) is 0 Å². The highest BCUT2D eigenvalue weighted by molar-refractivity contribution is 5.21. The molecule has 0 aliphatic heterocycles. The second-order valence-electron chi connectivity index (χ2n) is 4.97. The molecule has 0 saturated heterocycles. The Morgan fingerprint density at radius 3 is 2.76 bits per heavy atom. The first-order valence-corrected chi connectivity index (χ1v) is 6.56. The first-order chi connectivity index (χ1) is 8.18. The minimum Gasteiger partial charge on any atom is -0.382 e. The molecular formula is C14H22N2O. The van der Waals surface area contributed by atoms with Gasteiger partial charge in [-0.25, -0.2) is 0 Å². The zero-order valence-electron chi connectivity index (χ0n) is 10.8. The van der Waals surface area contributed by atoms with Crippen LogP contribution in [0, 0.1) is 6.92 Å². The lowest BCUT2D eigenvalue weighted by molar-refractivity contribution is 0.203. The van der Waals surface area contributed by atoms with Crippen LogP contribution < -0.4 is 0 Å². The Kier molecular flexibility index (Phi) is 4.00. The highest BCUT2D eigenvalue weighted by Crippen LogP contribution is 2.28. The number of rotatable bonds is 2. The summed E-state index contributed by atoms with van der Waals surface area (Å²) in [6.07, 6.45) is 8.86. The zero-order chi connectivity index (χ0) is 12.3. The molecule has 3 nitrogen and oxygen atoms in total. The van der Waals surface area contributed by atoms with Crippen LogP contribution in [-0.2, 0) is 7.05 Å². The zero-order valence-corrected chi connectivity index (χ0v) is 10.8. The Hall–Kier alpha value is -1.09. The average Bonchev–Trinajstić information content (AvgIpc) is 2.58. The van der Waals surface area contributed by atoms with Gasteiger partial charge in [-0.1, -0.05) is 18.9 Å². The maximum atomic E-state index is 10.4. The van der Waals surface area contributed by atoms with Crippen molar-refractivity contribution in [1.82, 2.24) is 9.78 Å². The molecule has 0 saturated carbocycles. The van der Waals surface area contributed by atoms with E-state index in [4.69, 9.17) is 0 Å². The summed E-state index contributed by atoms with van der Waals surface area (Å²) in [6.45, 7) is 2.01. The molecule has 3 heteroatoms. The highest BCUT2D eigenvalue weighted by atomic mass is 16.3. The molecule has 2 rings (SSSR count). The summed E-state index contributed by atoms with van der Waals surface area (Å²) in [5.74, 6) is 0. The van der Waals surface area contributed by atoms with Crippen molar-refractivity contribution >= 4 is 0 Å². The monoisotopic (exact) mass is 234 g/mol. The summed E-state index contributed by atoms with van der Waals surface area (Å²) in [5, 5.41) is 14.7. The van der Waals surface area contributed by atoms with Gasteiger partial charge in [-0.05, 0) is 44.2 Å². The number of hydrogen-bond acceptors (Lipinski definition) is 2. The standard InChI is InChI=1S/C14H22N2O/c1-11-10-13(15-16(11)2)14(17)12-8-6-4-3-5-7-9-12/h8,10,14,17H,3-7,9H2,1-2H3. The van der Waals surface area contributed by atoms with E-state index in [0.717, 1.165) is 29.8 Å². The molecule has 94 valence electrons. The Morgan fingerprint density at radius 1 is 1.29 bits per heavy atom. The molecule has 1 aliphatic rings. The second kappa shape index (κ2) is 5.50. The highest BCUT2D eigenvalue weighted by Gasteiger charge is 2.17. The molecule has 1 aliphatic carbocycles. The minimum atomic E-state index is -0.506. The van der Waals surface area contributed by atoms with E-state index in [9.17, 15) is 5.11 Å². The SMILES string of the molecule is Cc1cc(C(O)C2=CCCCCCC2)nn1C. The first-order valence-electron chi connectivity index (χ1n) is 6.56. The molecule has 1 aromatic rings. The summed E-state index contributed by atoms with van der Waals surface area (Å²) in [6, 6.07) is 1.98. The molecular weight excluding hydrogens is 212 g/mol. The van der Waals surface area contributed by atoms with Crippen molar-refractivity contribution in [3.63, 3.8) is 0 Å². The third-order valence-electron chi connectivity index (χ3n) is 3.59. The van der Waals surface area contributed by atoms with Crippen molar-refractivity contribution < 1.29 is 5.11 Å². The minimum absolute atomic E-state index is 0.506. The van der Waals surface area contributed by atoms with Crippen LogP contribution in [0.1, 0.15) is 56.0 Å². The Bertz CT molecular complexity index is 387. The van der Waals surface area contributed by atoms with E-state index in [1.807, 2.05) is 24.7 Å². The number of allylic oxidation sites excluding steroid dienone is 1. The Balaban J connectivity index is 2.14. The number of aliphatic hydroxyl groups is 1. The molecule has 17 heavy (non-hydrogen) atoms. The number of nitrogens with zero attached hydrogens (tertiary/aromatic N) is 2. The van der Waals surface area contributed by atoms with E-state index < -0.39 is 6.10 Å².